The zero-order valence-electron chi connectivity index (χ0n) is 21.0. The largest absolute Gasteiger partial charge is 1.00 e. The van der Waals surface area contributed by atoms with E-state index in [1.807, 2.05) is 74.8 Å². The van der Waals surface area contributed by atoms with Crippen LogP contribution in [0.25, 0.3) is 21.5 Å². The van der Waals surface area contributed by atoms with E-state index >= 15 is 0 Å². The number of hydrogen-bond donors (Lipinski definition) is 2. The summed E-state index contributed by atoms with van der Waals surface area (Å²) in [6.07, 6.45) is 7.80. The fourth-order valence-corrected chi connectivity index (χ4v) is 5.08. The van der Waals surface area contributed by atoms with Crippen molar-refractivity contribution >= 4 is 40.8 Å². The van der Waals surface area contributed by atoms with Gasteiger partial charge in [0.15, 0.2) is 0 Å². The van der Waals surface area contributed by atoms with Gasteiger partial charge in [-0.3, -0.25) is 9.98 Å². The van der Waals surface area contributed by atoms with Crippen LogP contribution in [0, 0.1) is 13.8 Å². The number of aryl methyl sites for hydroxylation is 2. The average Bonchev–Trinajstić information content (AvgIpc) is 2.93. The Morgan fingerprint density at radius 1 is 0.730 bits per heavy atom. The number of carbonyl (C=O) groups excluding carboxylic acids is 1. The van der Waals surface area contributed by atoms with Gasteiger partial charge in [0, 0.05) is 23.6 Å². The topological polar surface area (TPSA) is 82.2 Å². The second kappa shape index (κ2) is 12.7. The Balaban J connectivity index is 0.00000124. The van der Waals surface area contributed by atoms with E-state index in [1.165, 1.54) is 0 Å². The van der Waals surface area contributed by atoms with Crippen LogP contribution in [-0.4, -0.2) is 41.5 Å². The molecule has 1 aliphatic carbocycles. The Labute approximate surface area is 230 Å². The standard InChI is InChI=1S/C30H30N2O2.CO.Ru/c1-19-25-11-5-3-9-21(25)15-23(29(19)33)17-31-27-13-7-8-14-28(27)32-18-24-16-22-10-4-6-12-26(22)20(2)30(24)34;1-2;/h3-6,9-12,15-18,27-28,33-34H,7-8,13-14H2,1-2H3;;/q;-1;+1/t27-,28-;;/m0../s1. The molecule has 4 aromatic rings. The van der Waals surface area contributed by atoms with Crippen LogP contribution in [0.5, 0.6) is 11.5 Å². The van der Waals surface area contributed by atoms with Gasteiger partial charge < -0.3 is 21.8 Å². The first-order valence-corrected chi connectivity index (χ1v) is 12.2. The first-order valence-electron chi connectivity index (χ1n) is 12.2. The van der Waals surface area contributed by atoms with E-state index in [9.17, 15) is 10.2 Å². The van der Waals surface area contributed by atoms with Gasteiger partial charge in [0.05, 0.1) is 12.1 Å². The zero-order chi connectivity index (χ0) is 25.7. The number of phenolic OH excluding ortho intramolecular Hbond substituents is 2. The van der Waals surface area contributed by atoms with E-state index in [0.717, 1.165) is 69.5 Å². The molecule has 0 aromatic heterocycles. The Morgan fingerprint density at radius 3 is 1.51 bits per heavy atom. The summed E-state index contributed by atoms with van der Waals surface area (Å²) in [5.74, 6) is 0.574. The number of benzene rings is 4. The predicted molar refractivity (Wildman–Crippen MR) is 148 cm³/mol. The summed E-state index contributed by atoms with van der Waals surface area (Å²) in [6, 6.07) is 20.3. The van der Waals surface area contributed by atoms with Crippen molar-refractivity contribution in [3.8, 4) is 11.5 Å². The quantitative estimate of drug-likeness (QED) is 0.165. The average molecular weight is 580 g/mol. The number of aromatic hydroxyl groups is 2. The van der Waals surface area contributed by atoms with E-state index in [0.29, 0.717) is 0 Å². The first kappa shape index (κ1) is 28.2. The fraction of sp³-hybridized carbons (Fsp3) is 0.258. The Hall–Kier alpha value is -3.37. The third-order valence-electron chi connectivity index (χ3n) is 7.11. The molecule has 5 rings (SSSR count). The van der Waals surface area contributed by atoms with Gasteiger partial charge in [0.2, 0.25) is 0 Å². The van der Waals surface area contributed by atoms with E-state index in [4.69, 9.17) is 14.8 Å². The molecule has 0 bridgehead atoms. The predicted octanol–water partition coefficient (Wildman–Crippen LogP) is 6.47. The van der Waals surface area contributed by atoms with Crippen LogP contribution in [0.2, 0.25) is 0 Å². The van der Waals surface area contributed by atoms with Crippen molar-refractivity contribution in [1.82, 2.24) is 0 Å². The Kier molecular flexibility index (Phi) is 9.71. The van der Waals surface area contributed by atoms with Crippen LogP contribution in [0.1, 0.15) is 47.9 Å². The van der Waals surface area contributed by atoms with Gasteiger partial charge >= 0.3 is 19.5 Å². The second-order valence-corrected chi connectivity index (χ2v) is 9.30. The second-order valence-electron chi connectivity index (χ2n) is 9.30. The van der Waals surface area contributed by atoms with Gasteiger partial charge in [-0.05, 0) is 71.5 Å². The van der Waals surface area contributed by atoms with Gasteiger partial charge in [-0.2, -0.15) is 0 Å². The minimum atomic E-state index is 0. The monoisotopic (exact) mass is 580 g/mol. The van der Waals surface area contributed by atoms with Crippen molar-refractivity contribution in [1.29, 1.82) is 0 Å². The molecule has 4 aromatic carbocycles. The molecule has 2 N–H and O–H groups in total. The summed E-state index contributed by atoms with van der Waals surface area (Å²) in [4.78, 5) is 17.3. The maximum atomic E-state index is 10.7. The molecule has 1 aliphatic rings. The number of fused-ring (bicyclic) bond motifs is 2. The number of hydrogen-bond acceptors (Lipinski definition) is 5. The zero-order valence-corrected chi connectivity index (χ0v) is 22.7. The summed E-state index contributed by atoms with van der Waals surface area (Å²) in [5.41, 5.74) is 3.24. The van der Waals surface area contributed by atoms with E-state index in [2.05, 4.69) is 18.9 Å². The van der Waals surface area contributed by atoms with Crippen LogP contribution in [0.3, 0.4) is 0 Å². The number of phenols is 2. The molecular weight excluding hydrogens is 549 g/mol. The molecule has 190 valence electrons. The summed E-state index contributed by atoms with van der Waals surface area (Å²) in [7, 11) is 0. The summed E-state index contributed by atoms with van der Waals surface area (Å²) >= 11 is 0. The number of nitrogens with zero attached hydrogens (tertiary/aromatic N) is 2. The number of rotatable bonds is 4. The van der Waals surface area contributed by atoms with Crippen molar-refractivity contribution in [2.75, 3.05) is 0 Å². The SMILES string of the molecule is Cc1c(O)c(C=N[C@H]2CCCC[C@@H]2N=Cc2cc3ccccc3c(C)c2O)cc2ccccc12.[C-]=O.[Ru+]. The van der Waals surface area contributed by atoms with Crippen molar-refractivity contribution in [2.24, 2.45) is 9.98 Å². The van der Waals surface area contributed by atoms with Crippen molar-refractivity contribution < 1.29 is 34.5 Å². The molecular formula is C31H30N2O3Ru. The van der Waals surface area contributed by atoms with Crippen molar-refractivity contribution in [3.63, 3.8) is 0 Å². The van der Waals surface area contributed by atoms with E-state index in [-0.39, 0.29) is 43.1 Å². The molecule has 1 fully saturated rings. The Bertz CT molecular complexity index is 1340. The van der Waals surface area contributed by atoms with Crippen molar-refractivity contribution in [2.45, 2.75) is 51.6 Å². The molecule has 0 amide bonds. The molecule has 2 radical (unpaired) electrons. The van der Waals surface area contributed by atoms with Gasteiger partial charge in [0.25, 0.3) is 0 Å². The van der Waals surface area contributed by atoms with Crippen LogP contribution in [0.4, 0.5) is 0 Å². The molecule has 1 saturated carbocycles. The molecule has 0 aliphatic heterocycles. The maximum absolute atomic E-state index is 10.7. The Morgan fingerprint density at radius 2 is 1.11 bits per heavy atom. The van der Waals surface area contributed by atoms with Crippen LogP contribution in [0.15, 0.2) is 70.6 Å². The minimum Gasteiger partial charge on any atom is -0.573 e. The molecule has 0 unspecified atom stereocenters. The van der Waals surface area contributed by atoms with Gasteiger partial charge in [-0.25, -0.2) is 0 Å². The van der Waals surface area contributed by atoms with Crippen molar-refractivity contribution in [3.05, 3.63) is 82.9 Å². The van der Waals surface area contributed by atoms with Gasteiger partial charge in [0.1, 0.15) is 11.5 Å². The summed E-state index contributed by atoms with van der Waals surface area (Å²) in [5, 5.41) is 25.8. The van der Waals surface area contributed by atoms with Crippen LogP contribution >= 0.6 is 0 Å². The third-order valence-corrected chi connectivity index (χ3v) is 7.11. The third kappa shape index (κ3) is 5.97. The van der Waals surface area contributed by atoms with E-state index < -0.39 is 0 Å². The van der Waals surface area contributed by atoms with Gasteiger partial charge in [-0.15, -0.1) is 0 Å². The van der Waals surface area contributed by atoms with Gasteiger partial charge in [-0.1, -0.05) is 61.4 Å². The minimum absolute atomic E-state index is 0. The molecule has 6 heteroatoms. The van der Waals surface area contributed by atoms with Crippen LogP contribution < -0.4 is 0 Å². The molecule has 37 heavy (non-hydrogen) atoms. The fourth-order valence-electron chi connectivity index (χ4n) is 5.08. The summed E-state index contributed by atoms with van der Waals surface area (Å²) in [6.45, 7) is 8.39. The smallest absolute Gasteiger partial charge is 0.573 e. The summed E-state index contributed by atoms with van der Waals surface area (Å²) < 4.78 is 0. The maximum Gasteiger partial charge on any atom is 1.00 e. The van der Waals surface area contributed by atoms with E-state index in [1.54, 1.807) is 0 Å². The molecule has 0 saturated heterocycles. The first-order chi connectivity index (χ1) is 17.5. The molecule has 5 nitrogen and oxygen atoms in total. The molecule has 2 atom stereocenters. The van der Waals surface area contributed by atoms with Crippen LogP contribution in [-0.2, 0) is 24.3 Å². The molecule has 0 spiro atoms. The number of aliphatic imine (C=N–C) groups is 2. The normalized spacial score (nSPS) is 17.6. The molecule has 0 heterocycles.